The third-order valence-corrected chi connectivity index (χ3v) is 2.94. The zero-order valence-corrected chi connectivity index (χ0v) is 10.0. The molecule has 2 aromatic heterocycles. The van der Waals surface area contributed by atoms with Crippen molar-refractivity contribution in [3.05, 3.63) is 39.6 Å². The molecule has 0 radical (unpaired) electrons. The van der Waals surface area contributed by atoms with Gasteiger partial charge in [-0.2, -0.15) is 0 Å². The van der Waals surface area contributed by atoms with Crippen molar-refractivity contribution in [1.29, 1.82) is 0 Å². The van der Waals surface area contributed by atoms with E-state index < -0.39 is 0 Å². The highest BCUT2D eigenvalue weighted by molar-refractivity contribution is 7.13. The third kappa shape index (κ3) is 3.01. The molecule has 0 unspecified atom stereocenters. The van der Waals surface area contributed by atoms with Gasteiger partial charge in [0, 0.05) is 13.0 Å². The predicted octanol–water partition coefficient (Wildman–Crippen LogP) is 1.13. The maximum Gasteiger partial charge on any atom is 0.251 e. The maximum atomic E-state index is 11.4. The first-order valence-corrected chi connectivity index (χ1v) is 5.91. The zero-order chi connectivity index (χ0) is 12.3. The Kier molecular flexibility index (Phi) is 3.34. The van der Waals surface area contributed by atoms with Gasteiger partial charge in [0.1, 0.15) is 0 Å². The van der Waals surface area contributed by atoms with Crippen LogP contribution in [0.15, 0.2) is 28.4 Å². The number of rotatable bonds is 3. The number of aromatic nitrogens is 2. The fraction of sp³-hybridized carbons (Fsp3) is 0.182. The number of nitrogens with zero attached hydrogens (tertiary/aromatic N) is 1. The number of thiophene rings is 1. The highest BCUT2D eigenvalue weighted by Crippen LogP contribution is 2.19. The summed E-state index contributed by atoms with van der Waals surface area (Å²) >= 11 is 1.50. The molecule has 0 aromatic carbocycles. The van der Waals surface area contributed by atoms with Gasteiger partial charge >= 0.3 is 0 Å². The molecule has 0 bridgehead atoms. The van der Waals surface area contributed by atoms with Crippen LogP contribution in [0.3, 0.4) is 0 Å². The van der Waals surface area contributed by atoms with Crippen LogP contribution >= 0.6 is 11.3 Å². The van der Waals surface area contributed by atoms with Gasteiger partial charge in [-0.3, -0.25) is 9.59 Å². The van der Waals surface area contributed by atoms with Crippen molar-refractivity contribution in [2.45, 2.75) is 13.5 Å². The monoisotopic (exact) mass is 249 g/mol. The van der Waals surface area contributed by atoms with E-state index in [0.29, 0.717) is 11.5 Å². The minimum atomic E-state index is -0.219. The van der Waals surface area contributed by atoms with E-state index in [2.05, 4.69) is 15.3 Å². The van der Waals surface area contributed by atoms with Gasteiger partial charge in [-0.1, -0.05) is 6.07 Å². The number of hydrogen-bond donors (Lipinski definition) is 2. The SMILES string of the molecule is CC(=O)NCc1cc(=O)[nH]c(-c2cccs2)n1. The molecule has 0 fully saturated rings. The van der Waals surface area contributed by atoms with Crippen molar-refractivity contribution in [3.63, 3.8) is 0 Å². The van der Waals surface area contributed by atoms with E-state index in [1.807, 2.05) is 17.5 Å². The molecule has 0 aliphatic rings. The molecule has 0 aliphatic heterocycles. The van der Waals surface area contributed by atoms with Gasteiger partial charge < -0.3 is 10.3 Å². The van der Waals surface area contributed by atoms with Gasteiger partial charge in [0.25, 0.3) is 5.56 Å². The second-order valence-electron chi connectivity index (χ2n) is 3.47. The molecule has 0 saturated heterocycles. The lowest BCUT2D eigenvalue weighted by atomic mass is 10.3. The van der Waals surface area contributed by atoms with Crippen LogP contribution < -0.4 is 10.9 Å². The number of carbonyl (C=O) groups excluding carboxylic acids is 1. The van der Waals surface area contributed by atoms with E-state index in [-0.39, 0.29) is 18.0 Å². The fourth-order valence-corrected chi connectivity index (χ4v) is 2.01. The Morgan fingerprint density at radius 3 is 3.06 bits per heavy atom. The van der Waals surface area contributed by atoms with Gasteiger partial charge in [0.2, 0.25) is 5.91 Å². The summed E-state index contributed by atoms with van der Waals surface area (Å²) in [6, 6.07) is 5.15. The van der Waals surface area contributed by atoms with Crippen molar-refractivity contribution in [1.82, 2.24) is 15.3 Å². The van der Waals surface area contributed by atoms with Gasteiger partial charge in [0.15, 0.2) is 5.82 Å². The van der Waals surface area contributed by atoms with Crippen LogP contribution in [-0.4, -0.2) is 15.9 Å². The molecule has 5 nitrogen and oxygen atoms in total. The topological polar surface area (TPSA) is 74.8 Å². The van der Waals surface area contributed by atoms with Crippen molar-refractivity contribution >= 4 is 17.2 Å². The molecule has 2 heterocycles. The number of H-pyrrole nitrogens is 1. The maximum absolute atomic E-state index is 11.4. The second kappa shape index (κ2) is 4.92. The standard InChI is InChI=1S/C11H11N3O2S/c1-7(15)12-6-8-5-10(16)14-11(13-8)9-3-2-4-17-9/h2-5H,6H2,1H3,(H,12,15)(H,13,14,16). The molecule has 0 atom stereocenters. The summed E-state index contributed by atoms with van der Waals surface area (Å²) in [6.07, 6.45) is 0. The highest BCUT2D eigenvalue weighted by Gasteiger charge is 2.05. The Bertz CT molecular complexity index is 575. The Morgan fingerprint density at radius 1 is 1.59 bits per heavy atom. The first-order chi connectivity index (χ1) is 8.15. The van der Waals surface area contributed by atoms with Crippen LogP contribution in [0.1, 0.15) is 12.6 Å². The average molecular weight is 249 g/mol. The van der Waals surface area contributed by atoms with Crippen molar-refractivity contribution in [3.8, 4) is 10.7 Å². The van der Waals surface area contributed by atoms with E-state index >= 15 is 0 Å². The van der Waals surface area contributed by atoms with E-state index in [0.717, 1.165) is 4.88 Å². The highest BCUT2D eigenvalue weighted by atomic mass is 32.1. The molecular weight excluding hydrogens is 238 g/mol. The Balaban J connectivity index is 2.30. The summed E-state index contributed by atoms with van der Waals surface area (Å²) < 4.78 is 0. The van der Waals surface area contributed by atoms with E-state index in [9.17, 15) is 9.59 Å². The number of amides is 1. The van der Waals surface area contributed by atoms with Crippen LogP contribution in [0.4, 0.5) is 0 Å². The van der Waals surface area contributed by atoms with Crippen LogP contribution in [0.5, 0.6) is 0 Å². The Morgan fingerprint density at radius 2 is 2.41 bits per heavy atom. The van der Waals surface area contributed by atoms with Gasteiger partial charge in [0.05, 0.1) is 17.1 Å². The number of carbonyl (C=O) groups is 1. The number of nitrogens with one attached hydrogen (secondary N) is 2. The van der Waals surface area contributed by atoms with Crippen LogP contribution in [-0.2, 0) is 11.3 Å². The van der Waals surface area contributed by atoms with Crippen molar-refractivity contribution in [2.75, 3.05) is 0 Å². The van der Waals surface area contributed by atoms with Crippen LogP contribution in [0.25, 0.3) is 10.7 Å². The van der Waals surface area contributed by atoms with Gasteiger partial charge in [-0.05, 0) is 11.4 Å². The zero-order valence-electron chi connectivity index (χ0n) is 9.19. The second-order valence-corrected chi connectivity index (χ2v) is 4.42. The summed E-state index contributed by atoms with van der Waals surface area (Å²) in [5.41, 5.74) is 0.330. The summed E-state index contributed by atoms with van der Waals surface area (Å²) in [4.78, 5) is 30.1. The molecule has 1 amide bonds. The molecule has 17 heavy (non-hydrogen) atoms. The summed E-state index contributed by atoms with van der Waals surface area (Å²) in [6.45, 7) is 1.69. The lowest BCUT2D eigenvalue weighted by molar-refractivity contribution is -0.119. The van der Waals surface area contributed by atoms with Crippen LogP contribution in [0, 0.1) is 0 Å². The van der Waals surface area contributed by atoms with E-state index in [1.165, 1.54) is 24.3 Å². The van der Waals surface area contributed by atoms with Crippen molar-refractivity contribution < 1.29 is 4.79 Å². The lowest BCUT2D eigenvalue weighted by Crippen LogP contribution is -2.21. The number of aromatic amines is 1. The smallest absolute Gasteiger partial charge is 0.251 e. The fourth-order valence-electron chi connectivity index (χ4n) is 1.34. The molecule has 2 N–H and O–H groups in total. The Hall–Kier alpha value is -1.95. The predicted molar refractivity (Wildman–Crippen MR) is 65.7 cm³/mol. The lowest BCUT2D eigenvalue weighted by Gasteiger charge is -2.03. The van der Waals surface area contributed by atoms with E-state index in [1.54, 1.807) is 0 Å². The van der Waals surface area contributed by atoms with Crippen molar-refractivity contribution in [2.24, 2.45) is 0 Å². The first kappa shape index (κ1) is 11.5. The largest absolute Gasteiger partial charge is 0.351 e. The first-order valence-electron chi connectivity index (χ1n) is 5.04. The molecular formula is C11H11N3O2S. The average Bonchev–Trinajstić information content (AvgIpc) is 2.79. The summed E-state index contributed by atoms with van der Waals surface area (Å²) in [5.74, 6) is 0.387. The molecule has 6 heteroatoms. The molecule has 88 valence electrons. The van der Waals surface area contributed by atoms with Gasteiger partial charge in [-0.25, -0.2) is 4.98 Å². The van der Waals surface area contributed by atoms with Crippen LogP contribution in [0.2, 0.25) is 0 Å². The molecule has 0 saturated carbocycles. The molecule has 2 aromatic rings. The molecule has 2 rings (SSSR count). The molecule has 0 aliphatic carbocycles. The normalized spacial score (nSPS) is 10.2. The summed E-state index contributed by atoms with van der Waals surface area (Å²) in [5, 5.41) is 4.52. The van der Waals surface area contributed by atoms with Gasteiger partial charge in [-0.15, -0.1) is 11.3 Å². The Labute approximate surface area is 102 Å². The molecule has 0 spiro atoms. The third-order valence-electron chi connectivity index (χ3n) is 2.07. The minimum absolute atomic E-state index is 0.148. The number of hydrogen-bond acceptors (Lipinski definition) is 4. The minimum Gasteiger partial charge on any atom is -0.351 e. The quantitative estimate of drug-likeness (QED) is 0.856. The summed E-state index contributed by atoms with van der Waals surface area (Å²) in [7, 11) is 0. The van der Waals surface area contributed by atoms with E-state index in [4.69, 9.17) is 0 Å².